The first-order chi connectivity index (χ1) is 9.86. The van der Waals surface area contributed by atoms with E-state index in [1.807, 2.05) is 50.8 Å². The van der Waals surface area contributed by atoms with Crippen molar-refractivity contribution in [2.75, 3.05) is 36.8 Å². The van der Waals surface area contributed by atoms with Crippen LogP contribution in [-0.4, -0.2) is 42.6 Å². The van der Waals surface area contributed by atoms with Crippen LogP contribution in [0.2, 0.25) is 0 Å². The summed E-state index contributed by atoms with van der Waals surface area (Å²) in [6.45, 7) is 10.5. The molecule has 0 spiro atoms. The van der Waals surface area contributed by atoms with Gasteiger partial charge < -0.3 is 20.3 Å². The Kier molecular flexibility index (Phi) is 4.30. The van der Waals surface area contributed by atoms with Gasteiger partial charge in [0.25, 0.3) is 0 Å². The Bertz CT molecular complexity index is 524. The van der Waals surface area contributed by atoms with Crippen LogP contribution in [0, 0.1) is 0 Å². The number of carbonyl (C=O) groups excluding carboxylic acids is 1. The SMILES string of the molecule is CCN(CC)C(=O)CN1CC(C)(C)Oc2ccc(N)cc21. The molecule has 5 heteroatoms. The number of anilines is 2. The first-order valence-corrected chi connectivity index (χ1v) is 7.47. The molecule has 0 unspecified atom stereocenters. The lowest BCUT2D eigenvalue weighted by Crippen LogP contribution is -2.50. The van der Waals surface area contributed by atoms with Crippen LogP contribution in [0.5, 0.6) is 5.75 Å². The standard InChI is InChI=1S/C16H25N3O2/c1-5-18(6-2)15(20)10-19-11-16(3,4)21-14-8-7-12(17)9-13(14)19/h7-9H,5-6,10-11,17H2,1-4H3. The molecule has 1 aliphatic heterocycles. The molecule has 0 aliphatic carbocycles. The zero-order valence-electron chi connectivity index (χ0n) is 13.3. The van der Waals surface area contributed by atoms with Crippen molar-refractivity contribution in [3.63, 3.8) is 0 Å². The minimum atomic E-state index is -0.327. The smallest absolute Gasteiger partial charge is 0.242 e. The lowest BCUT2D eigenvalue weighted by atomic mass is 10.0. The third-order valence-corrected chi connectivity index (χ3v) is 3.72. The van der Waals surface area contributed by atoms with Crippen molar-refractivity contribution in [3.05, 3.63) is 18.2 Å². The lowest BCUT2D eigenvalue weighted by Gasteiger charge is -2.41. The molecule has 1 aromatic rings. The van der Waals surface area contributed by atoms with Crippen LogP contribution in [0.25, 0.3) is 0 Å². The first-order valence-electron chi connectivity index (χ1n) is 7.47. The number of fused-ring (bicyclic) bond motifs is 1. The Morgan fingerprint density at radius 3 is 2.67 bits per heavy atom. The highest BCUT2D eigenvalue weighted by Crippen LogP contribution is 2.38. The van der Waals surface area contributed by atoms with E-state index in [2.05, 4.69) is 4.90 Å². The summed E-state index contributed by atoms with van der Waals surface area (Å²) in [6, 6.07) is 5.57. The van der Waals surface area contributed by atoms with Crippen molar-refractivity contribution in [2.24, 2.45) is 0 Å². The van der Waals surface area contributed by atoms with E-state index in [1.165, 1.54) is 0 Å². The normalized spacial score (nSPS) is 16.1. The minimum Gasteiger partial charge on any atom is -0.484 e. The number of nitrogen functional groups attached to an aromatic ring is 1. The van der Waals surface area contributed by atoms with Gasteiger partial charge in [0.05, 0.1) is 18.8 Å². The highest BCUT2D eigenvalue weighted by Gasteiger charge is 2.33. The van der Waals surface area contributed by atoms with Gasteiger partial charge in [0.1, 0.15) is 11.4 Å². The second kappa shape index (κ2) is 5.84. The molecule has 21 heavy (non-hydrogen) atoms. The average molecular weight is 291 g/mol. The van der Waals surface area contributed by atoms with Gasteiger partial charge in [-0.05, 0) is 45.9 Å². The monoisotopic (exact) mass is 291 g/mol. The van der Waals surface area contributed by atoms with Crippen LogP contribution in [0.3, 0.4) is 0 Å². The summed E-state index contributed by atoms with van der Waals surface area (Å²) in [4.78, 5) is 16.3. The summed E-state index contributed by atoms with van der Waals surface area (Å²) in [7, 11) is 0. The zero-order chi connectivity index (χ0) is 15.6. The van der Waals surface area contributed by atoms with Gasteiger partial charge in [0, 0.05) is 18.8 Å². The van der Waals surface area contributed by atoms with Crippen molar-refractivity contribution >= 4 is 17.3 Å². The predicted octanol–water partition coefficient (Wildman–Crippen LogP) is 2.11. The van der Waals surface area contributed by atoms with Crippen LogP contribution in [0.1, 0.15) is 27.7 Å². The Labute approximate surface area is 126 Å². The van der Waals surface area contributed by atoms with Gasteiger partial charge in [-0.2, -0.15) is 0 Å². The Morgan fingerprint density at radius 1 is 1.38 bits per heavy atom. The molecule has 116 valence electrons. The number of rotatable bonds is 4. The van der Waals surface area contributed by atoms with E-state index in [1.54, 1.807) is 0 Å². The van der Waals surface area contributed by atoms with Gasteiger partial charge in [0.15, 0.2) is 0 Å². The third kappa shape index (κ3) is 3.40. The van der Waals surface area contributed by atoms with Crippen LogP contribution in [0.15, 0.2) is 18.2 Å². The maximum atomic E-state index is 12.4. The predicted molar refractivity (Wildman–Crippen MR) is 85.7 cm³/mol. The molecule has 1 heterocycles. The highest BCUT2D eigenvalue weighted by molar-refractivity contribution is 5.83. The molecule has 2 N–H and O–H groups in total. The highest BCUT2D eigenvalue weighted by atomic mass is 16.5. The Morgan fingerprint density at radius 2 is 2.05 bits per heavy atom. The number of hydrogen-bond donors (Lipinski definition) is 1. The molecule has 1 aliphatic rings. The third-order valence-electron chi connectivity index (χ3n) is 3.72. The van der Waals surface area contributed by atoms with E-state index in [-0.39, 0.29) is 11.5 Å². The number of hydrogen-bond acceptors (Lipinski definition) is 4. The van der Waals surface area contributed by atoms with E-state index in [4.69, 9.17) is 10.5 Å². The number of nitrogens with zero attached hydrogens (tertiary/aromatic N) is 2. The van der Waals surface area contributed by atoms with Gasteiger partial charge in [-0.25, -0.2) is 0 Å². The van der Waals surface area contributed by atoms with Gasteiger partial charge in [-0.1, -0.05) is 0 Å². The zero-order valence-corrected chi connectivity index (χ0v) is 13.3. The van der Waals surface area contributed by atoms with Crippen molar-refractivity contribution in [1.29, 1.82) is 0 Å². The molecule has 0 aromatic heterocycles. The summed E-state index contributed by atoms with van der Waals surface area (Å²) in [5.74, 6) is 0.916. The van der Waals surface area contributed by atoms with E-state index in [0.717, 1.165) is 24.5 Å². The molecule has 0 atom stereocenters. The quantitative estimate of drug-likeness (QED) is 0.863. The van der Waals surface area contributed by atoms with Gasteiger partial charge >= 0.3 is 0 Å². The lowest BCUT2D eigenvalue weighted by molar-refractivity contribution is -0.129. The molecule has 0 radical (unpaired) electrons. The van der Waals surface area contributed by atoms with Crippen molar-refractivity contribution in [3.8, 4) is 5.75 Å². The summed E-state index contributed by atoms with van der Waals surface area (Å²) in [6.07, 6.45) is 0. The number of nitrogens with two attached hydrogens (primary N) is 1. The minimum absolute atomic E-state index is 0.131. The van der Waals surface area contributed by atoms with Crippen molar-refractivity contribution in [2.45, 2.75) is 33.3 Å². The van der Waals surface area contributed by atoms with Crippen LogP contribution in [-0.2, 0) is 4.79 Å². The molecule has 0 fully saturated rings. The number of carbonyl (C=O) groups is 1. The molecule has 1 aromatic carbocycles. The number of amides is 1. The van der Waals surface area contributed by atoms with Crippen LogP contribution >= 0.6 is 0 Å². The van der Waals surface area contributed by atoms with E-state index in [9.17, 15) is 4.79 Å². The molecule has 5 nitrogen and oxygen atoms in total. The van der Waals surface area contributed by atoms with Gasteiger partial charge in [-0.3, -0.25) is 4.79 Å². The summed E-state index contributed by atoms with van der Waals surface area (Å²) in [5, 5.41) is 0. The molecule has 2 rings (SSSR count). The average Bonchev–Trinajstić information content (AvgIpc) is 2.40. The van der Waals surface area contributed by atoms with Gasteiger partial charge in [-0.15, -0.1) is 0 Å². The second-order valence-electron chi connectivity index (χ2n) is 6.01. The summed E-state index contributed by atoms with van der Waals surface area (Å²) in [5.41, 5.74) is 7.13. The number of benzene rings is 1. The fourth-order valence-corrected chi connectivity index (χ4v) is 2.72. The molecular formula is C16H25N3O2. The van der Waals surface area contributed by atoms with E-state index >= 15 is 0 Å². The molecular weight excluding hydrogens is 266 g/mol. The van der Waals surface area contributed by atoms with Gasteiger partial charge in [0.2, 0.25) is 5.91 Å². The molecule has 1 amide bonds. The summed E-state index contributed by atoms with van der Waals surface area (Å²) < 4.78 is 5.98. The fraction of sp³-hybridized carbons (Fsp3) is 0.562. The maximum Gasteiger partial charge on any atom is 0.242 e. The Balaban J connectivity index is 2.27. The Hall–Kier alpha value is -1.91. The largest absolute Gasteiger partial charge is 0.484 e. The first kappa shape index (κ1) is 15.5. The number of likely N-dealkylation sites (N-methyl/N-ethyl adjacent to an activating group) is 1. The topological polar surface area (TPSA) is 58.8 Å². The molecule has 0 bridgehead atoms. The number of ether oxygens (including phenoxy) is 1. The van der Waals surface area contributed by atoms with Crippen LogP contribution in [0.4, 0.5) is 11.4 Å². The van der Waals surface area contributed by atoms with Crippen LogP contribution < -0.4 is 15.4 Å². The summed E-state index contributed by atoms with van der Waals surface area (Å²) >= 11 is 0. The molecule has 0 saturated carbocycles. The maximum absolute atomic E-state index is 12.4. The van der Waals surface area contributed by atoms with Crippen molar-refractivity contribution < 1.29 is 9.53 Å². The molecule has 0 saturated heterocycles. The van der Waals surface area contributed by atoms with E-state index < -0.39 is 0 Å². The van der Waals surface area contributed by atoms with Crippen molar-refractivity contribution in [1.82, 2.24) is 4.90 Å². The van der Waals surface area contributed by atoms with E-state index in [0.29, 0.717) is 18.8 Å². The fourth-order valence-electron chi connectivity index (χ4n) is 2.72. The second-order valence-corrected chi connectivity index (χ2v) is 6.01.